The van der Waals surface area contributed by atoms with E-state index in [0.717, 1.165) is 19.6 Å². The predicted octanol–water partition coefficient (Wildman–Crippen LogP) is 2.94. The Morgan fingerprint density at radius 2 is 2.25 bits per heavy atom. The maximum atomic E-state index is 3.77. The summed E-state index contributed by atoms with van der Waals surface area (Å²) in [7, 11) is 0. The third-order valence-corrected chi connectivity index (χ3v) is 2.74. The van der Waals surface area contributed by atoms with Crippen LogP contribution in [0.3, 0.4) is 0 Å². The van der Waals surface area contributed by atoms with Crippen LogP contribution in [0.2, 0.25) is 0 Å². The van der Waals surface area contributed by atoms with Crippen molar-refractivity contribution in [1.29, 1.82) is 0 Å². The third kappa shape index (κ3) is 2.17. The van der Waals surface area contributed by atoms with Gasteiger partial charge < -0.3 is 9.88 Å². The standard InChI is InChI=1S/C14H18N2/c1-3-8-16-9-7-13-10-12(11-15-4-2)5-6-14(13)16/h3,5-7,9-10,15H,1,4,8,11H2,2H3. The van der Waals surface area contributed by atoms with Crippen molar-refractivity contribution in [3.8, 4) is 0 Å². The van der Waals surface area contributed by atoms with Crippen LogP contribution in [0.25, 0.3) is 10.9 Å². The lowest BCUT2D eigenvalue weighted by atomic mass is 10.1. The Bertz CT molecular complexity index is 482. The molecule has 0 atom stereocenters. The zero-order chi connectivity index (χ0) is 11.4. The van der Waals surface area contributed by atoms with Gasteiger partial charge in [0.15, 0.2) is 0 Å². The second-order valence-electron chi connectivity index (χ2n) is 3.93. The molecule has 2 heteroatoms. The van der Waals surface area contributed by atoms with Gasteiger partial charge in [0.1, 0.15) is 0 Å². The highest BCUT2D eigenvalue weighted by Gasteiger charge is 2.00. The Kier molecular flexibility index (Phi) is 3.42. The Balaban J connectivity index is 2.29. The van der Waals surface area contributed by atoms with Crippen molar-refractivity contribution in [2.45, 2.75) is 20.0 Å². The van der Waals surface area contributed by atoms with Gasteiger partial charge in [0, 0.05) is 24.8 Å². The van der Waals surface area contributed by atoms with E-state index in [1.165, 1.54) is 16.5 Å². The van der Waals surface area contributed by atoms with Crippen molar-refractivity contribution >= 4 is 10.9 Å². The van der Waals surface area contributed by atoms with Crippen LogP contribution in [0.4, 0.5) is 0 Å². The highest BCUT2D eigenvalue weighted by molar-refractivity contribution is 5.80. The van der Waals surface area contributed by atoms with Gasteiger partial charge in [0.2, 0.25) is 0 Å². The van der Waals surface area contributed by atoms with E-state index in [1.54, 1.807) is 0 Å². The minimum Gasteiger partial charge on any atom is -0.344 e. The minimum absolute atomic E-state index is 0.871. The highest BCUT2D eigenvalue weighted by Crippen LogP contribution is 2.17. The lowest BCUT2D eigenvalue weighted by Crippen LogP contribution is -2.11. The van der Waals surface area contributed by atoms with E-state index in [0.29, 0.717) is 0 Å². The SMILES string of the molecule is C=CCn1ccc2cc(CNCC)ccc21. The van der Waals surface area contributed by atoms with Crippen molar-refractivity contribution in [3.05, 3.63) is 48.7 Å². The van der Waals surface area contributed by atoms with Gasteiger partial charge >= 0.3 is 0 Å². The first-order chi connectivity index (χ1) is 7.85. The van der Waals surface area contributed by atoms with Crippen molar-refractivity contribution in [2.75, 3.05) is 6.54 Å². The summed E-state index contributed by atoms with van der Waals surface area (Å²) in [6.45, 7) is 8.72. The van der Waals surface area contributed by atoms with Gasteiger partial charge in [-0.25, -0.2) is 0 Å². The van der Waals surface area contributed by atoms with Crippen molar-refractivity contribution in [2.24, 2.45) is 0 Å². The molecule has 0 amide bonds. The maximum Gasteiger partial charge on any atom is 0.0483 e. The molecule has 1 aromatic carbocycles. The van der Waals surface area contributed by atoms with Gasteiger partial charge in [-0.15, -0.1) is 6.58 Å². The predicted molar refractivity (Wildman–Crippen MR) is 69.5 cm³/mol. The fourth-order valence-electron chi connectivity index (χ4n) is 1.93. The number of allylic oxidation sites excluding steroid dienone is 1. The lowest BCUT2D eigenvalue weighted by Gasteiger charge is -2.04. The first-order valence-electron chi connectivity index (χ1n) is 5.74. The van der Waals surface area contributed by atoms with E-state index < -0.39 is 0 Å². The highest BCUT2D eigenvalue weighted by atomic mass is 14.9. The summed E-state index contributed by atoms with van der Waals surface area (Å²) in [5.74, 6) is 0. The Labute approximate surface area is 96.6 Å². The van der Waals surface area contributed by atoms with Crippen molar-refractivity contribution < 1.29 is 0 Å². The molecule has 1 aromatic heterocycles. The molecule has 2 nitrogen and oxygen atoms in total. The number of nitrogens with zero attached hydrogens (tertiary/aromatic N) is 1. The molecule has 0 saturated heterocycles. The number of hydrogen-bond acceptors (Lipinski definition) is 1. The molecule has 2 aromatic rings. The quantitative estimate of drug-likeness (QED) is 0.757. The Morgan fingerprint density at radius 3 is 3.00 bits per heavy atom. The van der Waals surface area contributed by atoms with Gasteiger partial charge in [0.25, 0.3) is 0 Å². The number of hydrogen-bond donors (Lipinski definition) is 1. The molecule has 0 bridgehead atoms. The second kappa shape index (κ2) is 4.99. The largest absolute Gasteiger partial charge is 0.344 e. The van der Waals surface area contributed by atoms with Crippen LogP contribution in [-0.2, 0) is 13.1 Å². The molecule has 0 aliphatic rings. The van der Waals surface area contributed by atoms with Crippen molar-refractivity contribution in [1.82, 2.24) is 9.88 Å². The lowest BCUT2D eigenvalue weighted by molar-refractivity contribution is 0.727. The number of fused-ring (bicyclic) bond motifs is 1. The van der Waals surface area contributed by atoms with Crippen LogP contribution in [0.1, 0.15) is 12.5 Å². The van der Waals surface area contributed by atoms with Crippen LogP contribution < -0.4 is 5.32 Å². The second-order valence-corrected chi connectivity index (χ2v) is 3.93. The minimum atomic E-state index is 0.871. The van der Waals surface area contributed by atoms with Gasteiger partial charge in [0.05, 0.1) is 0 Å². The van der Waals surface area contributed by atoms with E-state index in [9.17, 15) is 0 Å². The average molecular weight is 214 g/mol. The zero-order valence-electron chi connectivity index (χ0n) is 9.74. The summed E-state index contributed by atoms with van der Waals surface area (Å²) in [5.41, 5.74) is 2.62. The molecule has 0 aliphatic carbocycles. The third-order valence-electron chi connectivity index (χ3n) is 2.74. The fraction of sp³-hybridized carbons (Fsp3) is 0.286. The average Bonchev–Trinajstić information content (AvgIpc) is 2.70. The smallest absolute Gasteiger partial charge is 0.0483 e. The summed E-state index contributed by atoms with van der Waals surface area (Å²) >= 11 is 0. The summed E-state index contributed by atoms with van der Waals surface area (Å²) in [6, 6.07) is 8.78. The summed E-state index contributed by atoms with van der Waals surface area (Å²) in [4.78, 5) is 0. The molecule has 0 fully saturated rings. The Hall–Kier alpha value is -1.54. The van der Waals surface area contributed by atoms with E-state index in [1.807, 2.05) is 6.08 Å². The first kappa shape index (κ1) is 11.0. The number of benzene rings is 1. The van der Waals surface area contributed by atoms with Crippen LogP contribution in [0, 0.1) is 0 Å². The topological polar surface area (TPSA) is 17.0 Å². The molecule has 0 unspecified atom stereocenters. The molecular weight excluding hydrogens is 196 g/mol. The molecule has 0 aliphatic heterocycles. The van der Waals surface area contributed by atoms with E-state index in [2.05, 4.69) is 53.8 Å². The number of rotatable bonds is 5. The summed E-state index contributed by atoms with van der Waals surface area (Å²) < 4.78 is 2.21. The summed E-state index contributed by atoms with van der Waals surface area (Å²) in [5, 5.41) is 4.64. The molecule has 0 spiro atoms. The molecule has 2 rings (SSSR count). The van der Waals surface area contributed by atoms with Crippen LogP contribution in [0.5, 0.6) is 0 Å². The molecule has 16 heavy (non-hydrogen) atoms. The molecule has 0 radical (unpaired) electrons. The molecule has 84 valence electrons. The van der Waals surface area contributed by atoms with Crippen molar-refractivity contribution in [3.63, 3.8) is 0 Å². The molecule has 1 heterocycles. The van der Waals surface area contributed by atoms with Gasteiger partial charge in [-0.3, -0.25) is 0 Å². The number of nitrogens with one attached hydrogen (secondary N) is 1. The van der Waals surface area contributed by atoms with E-state index in [4.69, 9.17) is 0 Å². The Morgan fingerprint density at radius 1 is 1.38 bits per heavy atom. The van der Waals surface area contributed by atoms with Gasteiger partial charge in [-0.2, -0.15) is 0 Å². The number of aromatic nitrogens is 1. The zero-order valence-corrected chi connectivity index (χ0v) is 9.74. The monoisotopic (exact) mass is 214 g/mol. The maximum absolute atomic E-state index is 3.77. The van der Waals surface area contributed by atoms with Gasteiger partial charge in [-0.05, 0) is 35.7 Å². The van der Waals surface area contributed by atoms with Crippen LogP contribution in [0.15, 0.2) is 43.1 Å². The first-order valence-corrected chi connectivity index (χ1v) is 5.74. The van der Waals surface area contributed by atoms with Crippen LogP contribution >= 0.6 is 0 Å². The molecular formula is C14H18N2. The molecule has 1 N–H and O–H groups in total. The molecule has 0 saturated carbocycles. The fourth-order valence-corrected chi connectivity index (χ4v) is 1.93. The normalized spacial score (nSPS) is 10.8. The van der Waals surface area contributed by atoms with E-state index >= 15 is 0 Å². The summed E-state index contributed by atoms with van der Waals surface area (Å²) in [6.07, 6.45) is 4.04. The van der Waals surface area contributed by atoms with Crippen LogP contribution in [-0.4, -0.2) is 11.1 Å². The van der Waals surface area contributed by atoms with Gasteiger partial charge in [-0.1, -0.05) is 19.1 Å². The van der Waals surface area contributed by atoms with E-state index in [-0.39, 0.29) is 0 Å².